The Morgan fingerprint density at radius 1 is 1.16 bits per heavy atom. The molecule has 2 aromatic rings. The summed E-state index contributed by atoms with van der Waals surface area (Å²) in [5.74, 6) is -3.76. The highest BCUT2D eigenvalue weighted by atomic mass is 35.5. The van der Waals surface area contributed by atoms with Gasteiger partial charge in [-0.1, -0.05) is 17.7 Å². The van der Waals surface area contributed by atoms with Gasteiger partial charge in [0.05, 0.1) is 0 Å². The molecule has 11 heteroatoms. The van der Waals surface area contributed by atoms with Crippen LogP contribution in [0, 0.1) is 5.92 Å². The van der Waals surface area contributed by atoms with Gasteiger partial charge in [0.1, 0.15) is 11.7 Å². The van der Waals surface area contributed by atoms with E-state index in [1.54, 1.807) is 24.3 Å². The second-order valence-corrected chi connectivity index (χ2v) is 6.98. The second-order valence-electron chi connectivity index (χ2n) is 6.54. The predicted octanol–water partition coefficient (Wildman–Crippen LogP) is 3.77. The molecule has 0 aromatic heterocycles. The van der Waals surface area contributed by atoms with E-state index < -0.39 is 42.4 Å². The van der Waals surface area contributed by atoms with Gasteiger partial charge in [-0.3, -0.25) is 14.4 Å². The average molecular weight is 457 g/mol. The zero-order chi connectivity index (χ0) is 22.6. The lowest BCUT2D eigenvalue weighted by Crippen LogP contribution is -2.32. The number of hydrogen-bond donors (Lipinski definition) is 1. The largest absolute Gasteiger partial charge is 0.573 e. The van der Waals surface area contributed by atoms with E-state index in [0.717, 1.165) is 12.1 Å². The highest BCUT2D eigenvalue weighted by Crippen LogP contribution is 2.31. The number of carbonyl (C=O) groups excluding carboxylic acids is 3. The summed E-state index contributed by atoms with van der Waals surface area (Å²) in [6.45, 7) is -0.495. The number of hydrogen-bond acceptors (Lipinski definition) is 5. The number of esters is 1. The van der Waals surface area contributed by atoms with Crippen LogP contribution in [0.2, 0.25) is 5.02 Å². The standard InChI is InChI=1S/C20H16ClF3N2O5/c21-12-4-6-13(7-5-12)25-17(27)11-30-19(29)16-8-9-26(18(16)28)14-2-1-3-15(10-14)31-20(22,23)24/h1-7,10,16H,8-9,11H2,(H,25,27)/t16-/m1/s1. The highest BCUT2D eigenvalue weighted by Gasteiger charge is 2.39. The number of amides is 2. The molecule has 1 aliphatic rings. The summed E-state index contributed by atoms with van der Waals surface area (Å²) < 4.78 is 46.0. The van der Waals surface area contributed by atoms with Gasteiger partial charge < -0.3 is 19.7 Å². The van der Waals surface area contributed by atoms with E-state index in [1.807, 2.05) is 0 Å². The molecule has 1 aliphatic heterocycles. The van der Waals surface area contributed by atoms with Gasteiger partial charge in [-0.15, -0.1) is 13.2 Å². The molecule has 0 unspecified atom stereocenters. The van der Waals surface area contributed by atoms with Gasteiger partial charge in [-0.2, -0.15) is 0 Å². The number of alkyl halides is 3. The molecule has 0 aliphatic carbocycles. The van der Waals surface area contributed by atoms with Crippen molar-refractivity contribution >= 4 is 40.8 Å². The van der Waals surface area contributed by atoms with Gasteiger partial charge >= 0.3 is 12.3 Å². The molecule has 3 rings (SSSR count). The van der Waals surface area contributed by atoms with Crippen molar-refractivity contribution < 1.29 is 37.0 Å². The van der Waals surface area contributed by atoms with Gasteiger partial charge in [0.25, 0.3) is 5.91 Å². The third-order valence-corrected chi connectivity index (χ3v) is 4.58. The molecule has 164 valence electrons. The van der Waals surface area contributed by atoms with E-state index in [9.17, 15) is 27.6 Å². The molecule has 31 heavy (non-hydrogen) atoms. The molecule has 7 nitrogen and oxygen atoms in total. The van der Waals surface area contributed by atoms with Crippen molar-refractivity contribution in [2.24, 2.45) is 5.92 Å². The van der Waals surface area contributed by atoms with Crippen LogP contribution in [0.25, 0.3) is 0 Å². The Bertz CT molecular complexity index is 982. The van der Waals surface area contributed by atoms with Crippen molar-refractivity contribution in [1.82, 2.24) is 0 Å². The van der Waals surface area contributed by atoms with Crippen LogP contribution in [0.3, 0.4) is 0 Å². The molecule has 0 bridgehead atoms. The smallest absolute Gasteiger partial charge is 0.455 e. The Hall–Kier alpha value is -3.27. The number of nitrogens with one attached hydrogen (secondary N) is 1. The molecular weight excluding hydrogens is 441 g/mol. The van der Waals surface area contributed by atoms with Crippen molar-refractivity contribution in [2.45, 2.75) is 12.8 Å². The minimum absolute atomic E-state index is 0.0980. The van der Waals surface area contributed by atoms with Gasteiger partial charge in [-0.05, 0) is 42.8 Å². The van der Waals surface area contributed by atoms with E-state index >= 15 is 0 Å². The van der Waals surface area contributed by atoms with Crippen LogP contribution in [-0.2, 0) is 19.1 Å². The Labute approximate surface area is 179 Å². The highest BCUT2D eigenvalue weighted by molar-refractivity contribution is 6.30. The predicted molar refractivity (Wildman–Crippen MR) is 105 cm³/mol. The monoisotopic (exact) mass is 456 g/mol. The molecule has 1 fully saturated rings. The molecule has 0 radical (unpaired) electrons. The van der Waals surface area contributed by atoms with Crippen LogP contribution in [0.15, 0.2) is 48.5 Å². The Balaban J connectivity index is 1.55. The Morgan fingerprint density at radius 2 is 1.87 bits per heavy atom. The van der Waals surface area contributed by atoms with Crippen LogP contribution in [0.1, 0.15) is 6.42 Å². The van der Waals surface area contributed by atoms with Crippen molar-refractivity contribution in [2.75, 3.05) is 23.4 Å². The zero-order valence-electron chi connectivity index (χ0n) is 15.8. The minimum atomic E-state index is -4.87. The number of halogens is 4. The zero-order valence-corrected chi connectivity index (χ0v) is 16.6. The number of benzene rings is 2. The van der Waals surface area contributed by atoms with Gasteiger partial charge in [0.2, 0.25) is 5.91 Å². The summed E-state index contributed by atoms with van der Waals surface area (Å²) in [4.78, 5) is 37.9. The fraction of sp³-hybridized carbons (Fsp3) is 0.250. The van der Waals surface area contributed by atoms with Crippen LogP contribution in [0.5, 0.6) is 5.75 Å². The molecule has 1 N–H and O–H groups in total. The van der Waals surface area contributed by atoms with Crippen molar-refractivity contribution in [3.8, 4) is 5.75 Å². The Kier molecular flexibility index (Phi) is 6.69. The number of rotatable bonds is 6. The maximum absolute atomic E-state index is 12.6. The summed E-state index contributed by atoms with van der Waals surface area (Å²) in [6.07, 6.45) is -4.77. The minimum Gasteiger partial charge on any atom is -0.455 e. The Morgan fingerprint density at radius 3 is 2.55 bits per heavy atom. The number of anilines is 2. The normalized spacial score (nSPS) is 16.2. The maximum Gasteiger partial charge on any atom is 0.573 e. The summed E-state index contributed by atoms with van der Waals surface area (Å²) in [7, 11) is 0. The fourth-order valence-electron chi connectivity index (χ4n) is 2.97. The summed E-state index contributed by atoms with van der Waals surface area (Å²) in [5, 5.41) is 3.00. The first-order chi connectivity index (χ1) is 14.6. The van der Waals surface area contributed by atoms with E-state index in [4.69, 9.17) is 16.3 Å². The third kappa shape index (κ3) is 6.11. The van der Waals surface area contributed by atoms with Gasteiger partial charge in [0, 0.05) is 29.0 Å². The van der Waals surface area contributed by atoms with E-state index in [0.29, 0.717) is 10.7 Å². The first-order valence-electron chi connectivity index (χ1n) is 9.01. The van der Waals surface area contributed by atoms with Crippen molar-refractivity contribution in [3.05, 3.63) is 53.6 Å². The second kappa shape index (κ2) is 9.25. The van der Waals surface area contributed by atoms with Crippen molar-refractivity contribution in [1.29, 1.82) is 0 Å². The molecule has 1 saturated heterocycles. The number of ether oxygens (including phenoxy) is 2. The fourth-order valence-corrected chi connectivity index (χ4v) is 3.10. The maximum atomic E-state index is 12.6. The average Bonchev–Trinajstić information content (AvgIpc) is 3.08. The van der Waals surface area contributed by atoms with E-state index in [1.165, 1.54) is 17.0 Å². The summed E-state index contributed by atoms with van der Waals surface area (Å²) >= 11 is 5.76. The molecule has 0 saturated carbocycles. The lowest BCUT2D eigenvalue weighted by molar-refractivity contribution is -0.274. The molecule has 1 heterocycles. The lowest BCUT2D eigenvalue weighted by Gasteiger charge is -2.18. The lowest BCUT2D eigenvalue weighted by atomic mass is 10.1. The quantitative estimate of drug-likeness (QED) is 0.528. The molecule has 2 aromatic carbocycles. The molecule has 2 amide bonds. The van der Waals surface area contributed by atoms with Crippen LogP contribution in [0.4, 0.5) is 24.5 Å². The van der Waals surface area contributed by atoms with E-state index in [-0.39, 0.29) is 18.7 Å². The SMILES string of the molecule is O=C(COC(=O)[C@@H]1CCN(c2cccc(OC(F)(F)F)c2)C1=O)Nc1ccc(Cl)cc1. The van der Waals surface area contributed by atoms with Crippen molar-refractivity contribution in [3.63, 3.8) is 0 Å². The molecular formula is C20H16ClF3N2O5. The molecule has 1 atom stereocenters. The third-order valence-electron chi connectivity index (χ3n) is 4.33. The van der Waals surface area contributed by atoms with Crippen LogP contribution >= 0.6 is 11.6 Å². The summed E-state index contributed by atoms with van der Waals surface area (Å²) in [5.41, 5.74) is 0.608. The first kappa shape index (κ1) is 22.4. The van der Waals surface area contributed by atoms with Gasteiger partial charge in [0.15, 0.2) is 6.61 Å². The summed E-state index contributed by atoms with van der Waals surface area (Å²) in [6, 6.07) is 11.2. The van der Waals surface area contributed by atoms with E-state index in [2.05, 4.69) is 10.1 Å². The van der Waals surface area contributed by atoms with Crippen LogP contribution < -0.4 is 15.0 Å². The van der Waals surface area contributed by atoms with Crippen LogP contribution in [-0.4, -0.2) is 37.3 Å². The topological polar surface area (TPSA) is 84.9 Å². The first-order valence-corrected chi connectivity index (χ1v) is 9.39. The number of carbonyl (C=O) groups is 3. The number of nitrogens with zero attached hydrogens (tertiary/aromatic N) is 1. The molecule has 0 spiro atoms. The van der Waals surface area contributed by atoms with Gasteiger partial charge in [-0.25, -0.2) is 0 Å².